The topological polar surface area (TPSA) is 44.1 Å². The molecule has 21 heavy (non-hydrogen) atoms. The van der Waals surface area contributed by atoms with E-state index in [0.29, 0.717) is 5.75 Å². The van der Waals surface area contributed by atoms with Crippen LogP contribution in [0.5, 0.6) is 5.75 Å². The van der Waals surface area contributed by atoms with Crippen LogP contribution in [0.15, 0.2) is 47.1 Å². The number of hydrogen-bond donors (Lipinski definition) is 0. The highest BCUT2D eigenvalue weighted by molar-refractivity contribution is 9.10. The Morgan fingerprint density at radius 1 is 1.24 bits per heavy atom. The summed E-state index contributed by atoms with van der Waals surface area (Å²) in [6, 6.07) is 11.5. The molecule has 0 aliphatic carbocycles. The van der Waals surface area contributed by atoms with Gasteiger partial charge in [-0.15, -0.1) is 0 Å². The molecule has 0 saturated carbocycles. The van der Waals surface area contributed by atoms with Crippen LogP contribution in [-0.2, 0) is 4.79 Å². The fraction of sp³-hybridized carbons (Fsp3) is 0.125. The van der Waals surface area contributed by atoms with E-state index in [0.717, 1.165) is 26.6 Å². The first kappa shape index (κ1) is 13.8. The number of nitrogens with zero attached hydrogens (tertiary/aromatic N) is 2. The minimum Gasteiger partial charge on any atom is -0.427 e. The SMILES string of the molecule is CC(=O)Oc1ccc(-n2cc3cc(Br)ccc3n2)c(C)c1. The predicted octanol–water partition coefficient (Wildman–Crippen LogP) is 4.02. The molecule has 0 N–H and O–H groups in total. The number of esters is 1. The highest BCUT2D eigenvalue weighted by Gasteiger charge is 2.07. The standard InChI is InChI=1S/C16H13BrN2O2/c1-10-7-14(21-11(2)20)4-6-16(10)19-9-12-8-13(17)3-5-15(12)18-19/h3-9H,1-2H3. The summed E-state index contributed by atoms with van der Waals surface area (Å²) in [6.07, 6.45) is 1.98. The van der Waals surface area contributed by atoms with Crippen LogP contribution < -0.4 is 4.74 Å². The van der Waals surface area contributed by atoms with E-state index in [2.05, 4.69) is 21.0 Å². The molecule has 106 valence electrons. The molecule has 3 rings (SSSR count). The van der Waals surface area contributed by atoms with Gasteiger partial charge < -0.3 is 4.74 Å². The van der Waals surface area contributed by atoms with Gasteiger partial charge in [0.25, 0.3) is 0 Å². The van der Waals surface area contributed by atoms with Gasteiger partial charge in [0.15, 0.2) is 0 Å². The Hall–Kier alpha value is -2.14. The van der Waals surface area contributed by atoms with Gasteiger partial charge in [0.05, 0.1) is 11.2 Å². The molecule has 0 saturated heterocycles. The first-order valence-corrected chi connectivity index (χ1v) is 7.26. The summed E-state index contributed by atoms with van der Waals surface area (Å²) in [5.41, 5.74) is 2.88. The van der Waals surface area contributed by atoms with Crippen LogP contribution in [0.2, 0.25) is 0 Å². The molecule has 0 atom stereocenters. The summed E-state index contributed by atoms with van der Waals surface area (Å²) in [5.74, 6) is 0.222. The lowest BCUT2D eigenvalue weighted by Crippen LogP contribution is -2.03. The number of carbonyl (C=O) groups is 1. The van der Waals surface area contributed by atoms with E-state index in [1.165, 1.54) is 6.92 Å². The van der Waals surface area contributed by atoms with Gasteiger partial charge in [-0.2, -0.15) is 5.10 Å². The Morgan fingerprint density at radius 2 is 2.05 bits per heavy atom. The largest absolute Gasteiger partial charge is 0.427 e. The van der Waals surface area contributed by atoms with Gasteiger partial charge >= 0.3 is 5.97 Å². The Balaban J connectivity index is 2.03. The summed E-state index contributed by atoms with van der Waals surface area (Å²) < 4.78 is 7.95. The molecular weight excluding hydrogens is 332 g/mol. The Labute approximate surface area is 130 Å². The number of aryl methyl sites for hydroxylation is 1. The van der Waals surface area contributed by atoms with Crippen molar-refractivity contribution in [3.63, 3.8) is 0 Å². The van der Waals surface area contributed by atoms with E-state index in [1.54, 1.807) is 6.07 Å². The molecule has 2 aromatic carbocycles. The zero-order chi connectivity index (χ0) is 15.0. The smallest absolute Gasteiger partial charge is 0.308 e. The maximum absolute atomic E-state index is 11.0. The lowest BCUT2D eigenvalue weighted by atomic mass is 10.2. The monoisotopic (exact) mass is 344 g/mol. The molecule has 0 spiro atoms. The second kappa shape index (κ2) is 5.33. The molecule has 3 aromatic rings. The number of carbonyl (C=O) groups excluding carboxylic acids is 1. The lowest BCUT2D eigenvalue weighted by molar-refractivity contribution is -0.131. The van der Waals surface area contributed by atoms with Crippen molar-refractivity contribution in [1.29, 1.82) is 0 Å². The van der Waals surface area contributed by atoms with E-state index in [1.807, 2.05) is 48.1 Å². The van der Waals surface area contributed by atoms with Crippen LogP contribution in [0.3, 0.4) is 0 Å². The molecule has 0 fully saturated rings. The number of benzene rings is 2. The average molecular weight is 345 g/mol. The average Bonchev–Trinajstić information content (AvgIpc) is 2.80. The van der Waals surface area contributed by atoms with Gasteiger partial charge in [0.2, 0.25) is 0 Å². The van der Waals surface area contributed by atoms with Crippen molar-refractivity contribution < 1.29 is 9.53 Å². The summed E-state index contributed by atoms with van der Waals surface area (Å²) in [6.45, 7) is 3.35. The van der Waals surface area contributed by atoms with Gasteiger partial charge in [-0.25, -0.2) is 4.68 Å². The van der Waals surface area contributed by atoms with Crippen LogP contribution in [0.4, 0.5) is 0 Å². The first-order valence-electron chi connectivity index (χ1n) is 6.47. The molecule has 1 heterocycles. The van der Waals surface area contributed by atoms with E-state index in [9.17, 15) is 4.79 Å². The van der Waals surface area contributed by atoms with Crippen molar-refractivity contribution in [2.45, 2.75) is 13.8 Å². The minimum atomic E-state index is -0.322. The second-order valence-corrected chi connectivity index (χ2v) is 5.73. The van der Waals surface area contributed by atoms with Gasteiger partial charge in [0.1, 0.15) is 5.75 Å². The summed E-state index contributed by atoms with van der Waals surface area (Å²) in [5, 5.41) is 5.63. The zero-order valence-electron chi connectivity index (χ0n) is 11.6. The van der Waals surface area contributed by atoms with E-state index in [-0.39, 0.29) is 5.97 Å². The first-order chi connectivity index (χ1) is 10.0. The third-order valence-corrected chi connectivity index (χ3v) is 3.64. The number of halogens is 1. The van der Waals surface area contributed by atoms with Gasteiger partial charge in [-0.1, -0.05) is 15.9 Å². The van der Waals surface area contributed by atoms with Crippen molar-refractivity contribution in [1.82, 2.24) is 9.78 Å². The molecule has 5 heteroatoms. The number of aromatic nitrogens is 2. The van der Waals surface area contributed by atoms with Crippen LogP contribution in [0, 0.1) is 6.92 Å². The number of fused-ring (bicyclic) bond motifs is 1. The molecule has 0 aliphatic heterocycles. The van der Waals surface area contributed by atoms with Crippen molar-refractivity contribution in [2.75, 3.05) is 0 Å². The van der Waals surface area contributed by atoms with E-state index >= 15 is 0 Å². The fourth-order valence-electron chi connectivity index (χ4n) is 2.23. The Kier molecular flexibility index (Phi) is 3.51. The highest BCUT2D eigenvalue weighted by Crippen LogP contribution is 2.24. The molecule has 0 unspecified atom stereocenters. The molecule has 0 aliphatic rings. The molecule has 0 amide bonds. The fourth-order valence-corrected chi connectivity index (χ4v) is 2.61. The third-order valence-electron chi connectivity index (χ3n) is 3.14. The maximum atomic E-state index is 11.0. The second-order valence-electron chi connectivity index (χ2n) is 4.82. The van der Waals surface area contributed by atoms with Crippen LogP contribution >= 0.6 is 15.9 Å². The molecule has 0 radical (unpaired) electrons. The summed E-state index contributed by atoms with van der Waals surface area (Å²) >= 11 is 3.46. The van der Waals surface area contributed by atoms with Crippen molar-refractivity contribution >= 4 is 32.8 Å². The summed E-state index contributed by atoms with van der Waals surface area (Å²) in [7, 11) is 0. The van der Waals surface area contributed by atoms with Crippen LogP contribution in [-0.4, -0.2) is 15.7 Å². The van der Waals surface area contributed by atoms with Gasteiger partial charge in [-0.05, 0) is 48.9 Å². The Bertz CT molecular complexity index is 839. The number of hydrogen-bond acceptors (Lipinski definition) is 3. The van der Waals surface area contributed by atoms with E-state index < -0.39 is 0 Å². The van der Waals surface area contributed by atoms with Gasteiger partial charge in [-0.3, -0.25) is 4.79 Å². The van der Waals surface area contributed by atoms with Crippen LogP contribution in [0.25, 0.3) is 16.6 Å². The molecule has 1 aromatic heterocycles. The Morgan fingerprint density at radius 3 is 2.76 bits per heavy atom. The van der Waals surface area contributed by atoms with Crippen molar-refractivity contribution in [3.05, 3.63) is 52.6 Å². The minimum absolute atomic E-state index is 0.322. The normalized spacial score (nSPS) is 10.8. The molecular formula is C16H13BrN2O2. The molecule has 4 nitrogen and oxygen atoms in total. The van der Waals surface area contributed by atoms with Crippen molar-refractivity contribution in [3.8, 4) is 11.4 Å². The lowest BCUT2D eigenvalue weighted by Gasteiger charge is -2.08. The summed E-state index contributed by atoms with van der Waals surface area (Å²) in [4.78, 5) is 11.0. The zero-order valence-corrected chi connectivity index (χ0v) is 13.2. The number of ether oxygens (including phenoxy) is 1. The quantitative estimate of drug-likeness (QED) is 0.520. The van der Waals surface area contributed by atoms with Gasteiger partial charge in [0, 0.05) is 23.0 Å². The van der Waals surface area contributed by atoms with E-state index in [4.69, 9.17) is 4.74 Å². The predicted molar refractivity (Wildman–Crippen MR) is 84.8 cm³/mol. The third kappa shape index (κ3) is 2.83. The van der Waals surface area contributed by atoms with Crippen LogP contribution in [0.1, 0.15) is 12.5 Å². The molecule has 0 bridgehead atoms. The number of rotatable bonds is 2. The highest BCUT2D eigenvalue weighted by atomic mass is 79.9. The van der Waals surface area contributed by atoms with Crippen molar-refractivity contribution in [2.24, 2.45) is 0 Å². The maximum Gasteiger partial charge on any atom is 0.308 e.